The van der Waals surface area contributed by atoms with Gasteiger partial charge in [0.2, 0.25) is 0 Å². The van der Waals surface area contributed by atoms with Crippen molar-refractivity contribution < 1.29 is 14.6 Å². The van der Waals surface area contributed by atoms with Crippen LogP contribution in [0.1, 0.15) is 18.4 Å². The summed E-state index contributed by atoms with van der Waals surface area (Å²) in [6.45, 7) is 1.66. The summed E-state index contributed by atoms with van der Waals surface area (Å²) in [4.78, 5) is 11.3. The number of hydrogen-bond acceptors (Lipinski definition) is 4. The summed E-state index contributed by atoms with van der Waals surface area (Å²) in [6, 6.07) is 2.95. The topological polar surface area (TPSA) is 72.5 Å². The van der Waals surface area contributed by atoms with Crippen LogP contribution in [0.3, 0.4) is 0 Å². The zero-order valence-electron chi connectivity index (χ0n) is 8.45. The fourth-order valence-corrected chi connectivity index (χ4v) is 1.56. The number of esters is 1. The highest BCUT2D eigenvalue weighted by Crippen LogP contribution is 2.35. The van der Waals surface area contributed by atoms with Crippen molar-refractivity contribution in [3.63, 3.8) is 0 Å². The van der Waals surface area contributed by atoms with E-state index in [0.717, 1.165) is 0 Å². The number of carbonyl (C=O) groups excluding carboxylic acids is 1. The molecule has 0 aliphatic rings. The van der Waals surface area contributed by atoms with Gasteiger partial charge in [-0.1, -0.05) is 17.7 Å². The molecule has 1 aromatic rings. The van der Waals surface area contributed by atoms with Gasteiger partial charge in [-0.3, -0.25) is 4.79 Å². The maximum Gasteiger partial charge on any atom is 0.312 e. The van der Waals surface area contributed by atoms with Crippen LogP contribution in [-0.4, -0.2) is 18.2 Å². The number of benzene rings is 1. The Kier molecular flexibility index (Phi) is 3.42. The predicted molar refractivity (Wildman–Crippen MR) is 58.0 cm³/mol. The van der Waals surface area contributed by atoms with Gasteiger partial charge in [0.15, 0.2) is 0 Å². The number of ether oxygens (including phenoxy) is 1. The largest absolute Gasteiger partial charge is 0.506 e. The Labute approximate surface area is 92.6 Å². The number of phenols is 1. The van der Waals surface area contributed by atoms with Crippen molar-refractivity contribution >= 4 is 23.3 Å². The van der Waals surface area contributed by atoms with Crippen molar-refractivity contribution in [1.82, 2.24) is 0 Å². The van der Waals surface area contributed by atoms with E-state index in [1.54, 1.807) is 13.0 Å². The van der Waals surface area contributed by atoms with Crippen LogP contribution in [0.15, 0.2) is 12.1 Å². The molecule has 0 aromatic heterocycles. The van der Waals surface area contributed by atoms with Gasteiger partial charge in [0.05, 0.1) is 23.7 Å². The molecule has 1 rings (SSSR count). The maximum absolute atomic E-state index is 11.3. The number of nitrogens with two attached hydrogens (primary N) is 1. The second-order valence-electron chi connectivity index (χ2n) is 3.15. The van der Waals surface area contributed by atoms with Crippen LogP contribution in [-0.2, 0) is 9.53 Å². The van der Waals surface area contributed by atoms with Gasteiger partial charge < -0.3 is 15.6 Å². The minimum atomic E-state index is -0.509. The molecule has 0 saturated heterocycles. The van der Waals surface area contributed by atoms with E-state index in [2.05, 4.69) is 4.74 Å². The van der Waals surface area contributed by atoms with E-state index in [0.29, 0.717) is 5.56 Å². The molecule has 0 unspecified atom stereocenters. The molecule has 0 spiro atoms. The molecule has 0 saturated carbocycles. The lowest BCUT2D eigenvalue weighted by atomic mass is 10.0. The van der Waals surface area contributed by atoms with Crippen LogP contribution < -0.4 is 5.73 Å². The van der Waals surface area contributed by atoms with Gasteiger partial charge in [0.1, 0.15) is 5.75 Å². The Morgan fingerprint density at radius 3 is 2.73 bits per heavy atom. The smallest absolute Gasteiger partial charge is 0.312 e. The third kappa shape index (κ3) is 2.15. The van der Waals surface area contributed by atoms with Gasteiger partial charge in [-0.05, 0) is 18.6 Å². The lowest BCUT2D eigenvalue weighted by molar-refractivity contribution is -0.141. The number of halogens is 1. The highest BCUT2D eigenvalue weighted by atomic mass is 35.5. The number of anilines is 1. The van der Waals surface area contributed by atoms with Gasteiger partial charge in [0.25, 0.3) is 0 Å². The molecule has 82 valence electrons. The normalized spacial score (nSPS) is 12.2. The van der Waals surface area contributed by atoms with Crippen LogP contribution in [0.5, 0.6) is 5.75 Å². The zero-order chi connectivity index (χ0) is 11.6. The van der Waals surface area contributed by atoms with E-state index < -0.39 is 11.9 Å². The van der Waals surface area contributed by atoms with Gasteiger partial charge in [-0.25, -0.2) is 0 Å². The lowest BCUT2D eigenvalue weighted by Crippen LogP contribution is -2.11. The lowest BCUT2D eigenvalue weighted by Gasteiger charge is -2.13. The quantitative estimate of drug-likeness (QED) is 0.462. The van der Waals surface area contributed by atoms with Crippen molar-refractivity contribution in [2.45, 2.75) is 12.8 Å². The second-order valence-corrected chi connectivity index (χ2v) is 3.52. The first kappa shape index (κ1) is 11.7. The number of aromatic hydroxyl groups is 1. The predicted octanol–water partition coefficient (Wildman–Crippen LogP) is 1.90. The molecule has 0 amide bonds. The Morgan fingerprint density at radius 2 is 2.20 bits per heavy atom. The molecular formula is C10H12ClNO3. The summed E-state index contributed by atoms with van der Waals surface area (Å²) in [6.07, 6.45) is 0. The third-order valence-corrected chi connectivity index (χ3v) is 2.63. The molecular weight excluding hydrogens is 218 g/mol. The molecule has 1 aromatic carbocycles. The van der Waals surface area contributed by atoms with Crippen LogP contribution in [0.4, 0.5) is 5.69 Å². The Morgan fingerprint density at radius 1 is 1.60 bits per heavy atom. The Bertz CT molecular complexity index is 392. The number of carbonyl (C=O) groups is 1. The minimum Gasteiger partial charge on any atom is -0.506 e. The fraction of sp³-hybridized carbons (Fsp3) is 0.300. The van der Waals surface area contributed by atoms with Gasteiger partial charge in [-0.2, -0.15) is 0 Å². The number of nitrogen functional groups attached to an aromatic ring is 1. The molecule has 0 radical (unpaired) electrons. The van der Waals surface area contributed by atoms with E-state index in [1.807, 2.05) is 0 Å². The number of phenolic OH excluding ortho intramolecular Hbond substituents is 1. The Hall–Kier alpha value is -1.42. The standard InChI is InChI=1S/C10H12ClNO3/c1-5(10(14)15-2)6-3-4-7(13)9(12)8(6)11/h3-5,13H,12H2,1-2H3/t5-/m1/s1. The Balaban J connectivity index is 3.16. The number of methoxy groups -OCH3 is 1. The average molecular weight is 230 g/mol. The van der Waals surface area contributed by atoms with E-state index in [4.69, 9.17) is 17.3 Å². The molecule has 3 N–H and O–H groups in total. The summed E-state index contributed by atoms with van der Waals surface area (Å²) in [7, 11) is 1.30. The molecule has 15 heavy (non-hydrogen) atoms. The summed E-state index contributed by atoms with van der Waals surface area (Å²) < 4.78 is 4.59. The highest BCUT2D eigenvalue weighted by Gasteiger charge is 2.20. The fourth-order valence-electron chi connectivity index (χ4n) is 1.24. The van der Waals surface area contributed by atoms with Crippen LogP contribution in [0, 0.1) is 0 Å². The monoisotopic (exact) mass is 229 g/mol. The van der Waals surface area contributed by atoms with Gasteiger partial charge in [0, 0.05) is 0 Å². The highest BCUT2D eigenvalue weighted by molar-refractivity contribution is 6.34. The van der Waals surface area contributed by atoms with Crippen LogP contribution in [0.2, 0.25) is 5.02 Å². The van der Waals surface area contributed by atoms with Crippen molar-refractivity contribution in [2.75, 3.05) is 12.8 Å². The SMILES string of the molecule is COC(=O)[C@H](C)c1ccc(O)c(N)c1Cl. The molecule has 1 atom stereocenters. The van der Waals surface area contributed by atoms with Crippen molar-refractivity contribution in [2.24, 2.45) is 0 Å². The molecule has 0 aliphatic carbocycles. The molecule has 0 bridgehead atoms. The van der Waals surface area contributed by atoms with Gasteiger partial charge in [-0.15, -0.1) is 0 Å². The second kappa shape index (κ2) is 4.40. The molecule has 0 heterocycles. The molecule has 5 heteroatoms. The first-order valence-electron chi connectivity index (χ1n) is 4.33. The van der Waals surface area contributed by atoms with Gasteiger partial charge >= 0.3 is 5.97 Å². The zero-order valence-corrected chi connectivity index (χ0v) is 9.21. The van der Waals surface area contributed by atoms with Crippen LogP contribution in [0.25, 0.3) is 0 Å². The summed E-state index contributed by atoms with van der Waals surface area (Å²) in [5.41, 5.74) is 6.14. The summed E-state index contributed by atoms with van der Waals surface area (Å²) in [5.74, 6) is -1.01. The number of hydrogen-bond donors (Lipinski definition) is 2. The van der Waals surface area contributed by atoms with E-state index >= 15 is 0 Å². The van der Waals surface area contributed by atoms with Crippen LogP contribution >= 0.6 is 11.6 Å². The third-order valence-electron chi connectivity index (χ3n) is 2.21. The average Bonchev–Trinajstić information content (AvgIpc) is 2.24. The van der Waals surface area contributed by atoms with Crippen molar-refractivity contribution in [1.29, 1.82) is 0 Å². The molecule has 4 nitrogen and oxygen atoms in total. The van der Waals surface area contributed by atoms with Crippen molar-refractivity contribution in [3.05, 3.63) is 22.7 Å². The number of rotatable bonds is 2. The summed E-state index contributed by atoms with van der Waals surface area (Å²) >= 11 is 5.90. The minimum absolute atomic E-state index is 0.0740. The van der Waals surface area contributed by atoms with E-state index in [9.17, 15) is 9.90 Å². The van der Waals surface area contributed by atoms with E-state index in [1.165, 1.54) is 13.2 Å². The summed E-state index contributed by atoms with van der Waals surface area (Å²) in [5, 5.41) is 9.46. The molecule has 0 aliphatic heterocycles. The van der Waals surface area contributed by atoms with Crippen molar-refractivity contribution in [3.8, 4) is 5.75 Å². The molecule has 0 fully saturated rings. The maximum atomic E-state index is 11.3. The first-order valence-corrected chi connectivity index (χ1v) is 4.71. The first-order chi connectivity index (χ1) is 6.99. The van der Waals surface area contributed by atoms with E-state index in [-0.39, 0.29) is 16.5 Å².